The zero-order chi connectivity index (χ0) is 24.9. The van der Waals surface area contributed by atoms with Crippen molar-refractivity contribution >= 4 is 34.6 Å². The van der Waals surface area contributed by atoms with E-state index in [-0.39, 0.29) is 5.69 Å². The highest BCUT2D eigenvalue weighted by molar-refractivity contribution is 5.95. The first-order valence-corrected chi connectivity index (χ1v) is 11.1. The van der Waals surface area contributed by atoms with Crippen LogP contribution < -0.4 is 5.32 Å². The van der Waals surface area contributed by atoms with Gasteiger partial charge >= 0.3 is 5.97 Å². The van der Waals surface area contributed by atoms with Crippen LogP contribution in [-0.2, 0) is 14.3 Å². The molecule has 3 aromatic carbocycles. The van der Waals surface area contributed by atoms with E-state index in [0.29, 0.717) is 17.0 Å². The van der Waals surface area contributed by atoms with Crippen molar-refractivity contribution in [1.82, 2.24) is 9.78 Å². The van der Waals surface area contributed by atoms with E-state index in [1.165, 1.54) is 24.3 Å². The number of amides is 1. The van der Waals surface area contributed by atoms with Gasteiger partial charge in [-0.1, -0.05) is 48.5 Å². The molecule has 5 rings (SSSR count). The highest BCUT2D eigenvalue weighted by Crippen LogP contribution is 2.30. The van der Waals surface area contributed by atoms with Gasteiger partial charge in [0.25, 0.3) is 5.91 Å². The SMILES string of the molecule is O=C(COC(=O)C=Cc1cn(-c2ccccc2)nc1-c1cc2ccccc2o1)Nc1ccccc1F. The third-order valence-corrected chi connectivity index (χ3v) is 5.31. The molecular formula is C28H20FN3O4. The molecule has 36 heavy (non-hydrogen) atoms. The molecule has 0 bridgehead atoms. The normalized spacial score (nSPS) is 11.1. The smallest absolute Gasteiger partial charge is 0.331 e. The highest BCUT2D eigenvalue weighted by atomic mass is 19.1. The average molecular weight is 481 g/mol. The van der Waals surface area contributed by atoms with Gasteiger partial charge in [0, 0.05) is 23.2 Å². The molecule has 0 fully saturated rings. The van der Waals surface area contributed by atoms with Gasteiger partial charge in [-0.15, -0.1) is 0 Å². The van der Waals surface area contributed by atoms with E-state index < -0.39 is 24.3 Å². The van der Waals surface area contributed by atoms with Gasteiger partial charge in [0.1, 0.15) is 17.1 Å². The van der Waals surface area contributed by atoms with Crippen molar-refractivity contribution in [3.8, 4) is 17.1 Å². The van der Waals surface area contributed by atoms with Crippen LogP contribution in [0.25, 0.3) is 34.2 Å². The molecule has 0 saturated heterocycles. The van der Waals surface area contributed by atoms with Crippen molar-refractivity contribution < 1.29 is 23.1 Å². The van der Waals surface area contributed by atoms with E-state index in [4.69, 9.17) is 9.15 Å². The van der Waals surface area contributed by atoms with Crippen LogP contribution in [-0.4, -0.2) is 28.3 Å². The summed E-state index contributed by atoms with van der Waals surface area (Å²) in [4.78, 5) is 24.3. The second-order valence-corrected chi connectivity index (χ2v) is 7.83. The summed E-state index contributed by atoms with van der Waals surface area (Å²) in [5.41, 5.74) is 2.72. The summed E-state index contributed by atoms with van der Waals surface area (Å²) in [6.07, 6.45) is 4.52. The number of para-hydroxylation sites is 3. The Bertz CT molecular complexity index is 1540. The fourth-order valence-corrected chi connectivity index (χ4v) is 3.60. The minimum atomic E-state index is -0.735. The molecule has 2 aromatic heterocycles. The Labute approximate surface area is 205 Å². The van der Waals surface area contributed by atoms with Crippen LogP contribution in [0.5, 0.6) is 0 Å². The third-order valence-electron chi connectivity index (χ3n) is 5.31. The van der Waals surface area contributed by atoms with Gasteiger partial charge < -0.3 is 14.5 Å². The number of ether oxygens (including phenoxy) is 1. The number of carbonyl (C=O) groups is 2. The Morgan fingerprint density at radius 3 is 2.56 bits per heavy atom. The van der Waals surface area contributed by atoms with Crippen molar-refractivity contribution in [2.24, 2.45) is 0 Å². The molecule has 0 atom stereocenters. The molecule has 0 spiro atoms. The molecule has 178 valence electrons. The number of furan rings is 1. The summed E-state index contributed by atoms with van der Waals surface area (Å²) in [6.45, 7) is -0.558. The topological polar surface area (TPSA) is 86.4 Å². The number of fused-ring (bicyclic) bond motifs is 1. The Morgan fingerprint density at radius 2 is 1.75 bits per heavy atom. The van der Waals surface area contributed by atoms with Crippen molar-refractivity contribution in [2.45, 2.75) is 0 Å². The minimum Gasteiger partial charge on any atom is -0.454 e. The second-order valence-electron chi connectivity index (χ2n) is 7.83. The fraction of sp³-hybridized carbons (Fsp3) is 0.0357. The van der Waals surface area contributed by atoms with Crippen molar-refractivity contribution in [1.29, 1.82) is 0 Å². The Balaban J connectivity index is 1.34. The first-order chi connectivity index (χ1) is 17.6. The predicted octanol–water partition coefficient (Wildman–Crippen LogP) is 5.62. The molecule has 0 aliphatic rings. The number of benzene rings is 3. The molecule has 1 amide bonds. The Hall–Kier alpha value is -4.98. The molecular weight excluding hydrogens is 461 g/mol. The summed E-state index contributed by atoms with van der Waals surface area (Å²) >= 11 is 0. The van der Waals surface area contributed by atoms with Crippen LogP contribution in [0.4, 0.5) is 10.1 Å². The second kappa shape index (κ2) is 10.1. The summed E-state index contributed by atoms with van der Waals surface area (Å²) < 4.78 is 26.4. The lowest BCUT2D eigenvalue weighted by Gasteiger charge is -2.06. The zero-order valence-corrected chi connectivity index (χ0v) is 18.9. The number of carbonyl (C=O) groups excluding carboxylic acids is 2. The predicted molar refractivity (Wildman–Crippen MR) is 134 cm³/mol. The first-order valence-electron chi connectivity index (χ1n) is 11.1. The van der Waals surface area contributed by atoms with E-state index in [1.54, 1.807) is 23.0 Å². The summed E-state index contributed by atoms with van der Waals surface area (Å²) in [6, 6.07) is 24.8. The van der Waals surface area contributed by atoms with Gasteiger partial charge in [0.15, 0.2) is 12.4 Å². The van der Waals surface area contributed by atoms with Crippen LogP contribution in [0.2, 0.25) is 0 Å². The molecule has 0 unspecified atom stereocenters. The molecule has 0 aliphatic heterocycles. The van der Waals surface area contributed by atoms with Crippen LogP contribution in [0.15, 0.2) is 102 Å². The van der Waals surface area contributed by atoms with E-state index >= 15 is 0 Å². The lowest BCUT2D eigenvalue weighted by molar-refractivity contribution is -0.142. The lowest BCUT2D eigenvalue weighted by Crippen LogP contribution is -2.20. The largest absolute Gasteiger partial charge is 0.454 e. The number of aromatic nitrogens is 2. The quantitative estimate of drug-likeness (QED) is 0.241. The molecule has 1 N–H and O–H groups in total. The van der Waals surface area contributed by atoms with Crippen LogP contribution >= 0.6 is 0 Å². The fourth-order valence-electron chi connectivity index (χ4n) is 3.60. The van der Waals surface area contributed by atoms with E-state index in [2.05, 4.69) is 10.4 Å². The van der Waals surface area contributed by atoms with E-state index in [0.717, 1.165) is 16.7 Å². The van der Waals surface area contributed by atoms with Crippen molar-refractivity contribution in [2.75, 3.05) is 11.9 Å². The maximum absolute atomic E-state index is 13.7. The molecule has 5 aromatic rings. The van der Waals surface area contributed by atoms with E-state index in [9.17, 15) is 14.0 Å². The van der Waals surface area contributed by atoms with Crippen LogP contribution in [0, 0.1) is 5.82 Å². The molecule has 7 nitrogen and oxygen atoms in total. The van der Waals surface area contributed by atoms with Gasteiger partial charge in [-0.25, -0.2) is 13.9 Å². The van der Waals surface area contributed by atoms with Gasteiger partial charge in [-0.3, -0.25) is 4.79 Å². The molecule has 0 saturated carbocycles. The van der Waals surface area contributed by atoms with E-state index in [1.807, 2.05) is 60.7 Å². The third kappa shape index (κ3) is 5.07. The number of rotatable bonds is 7. The number of esters is 1. The van der Waals surface area contributed by atoms with Gasteiger partial charge in [-0.05, 0) is 42.5 Å². The standard InChI is InChI=1S/C28H20FN3O4/c29-22-11-5-6-12-23(22)30-26(33)18-35-27(34)15-14-20-17-32(21-9-2-1-3-10-21)31-28(20)25-16-19-8-4-7-13-24(19)36-25/h1-17H,18H2,(H,30,33). The van der Waals surface area contributed by atoms with Crippen LogP contribution in [0.1, 0.15) is 5.56 Å². The molecule has 8 heteroatoms. The Morgan fingerprint density at radius 1 is 1.00 bits per heavy atom. The van der Waals surface area contributed by atoms with Gasteiger partial charge in [0.2, 0.25) is 0 Å². The number of nitrogens with one attached hydrogen (secondary N) is 1. The van der Waals surface area contributed by atoms with Gasteiger partial charge in [-0.2, -0.15) is 5.10 Å². The number of hydrogen-bond donors (Lipinski definition) is 1. The average Bonchev–Trinajstić information content (AvgIpc) is 3.52. The monoisotopic (exact) mass is 481 g/mol. The lowest BCUT2D eigenvalue weighted by atomic mass is 10.2. The van der Waals surface area contributed by atoms with Crippen LogP contribution in [0.3, 0.4) is 0 Å². The number of anilines is 1. The highest BCUT2D eigenvalue weighted by Gasteiger charge is 2.16. The summed E-state index contributed by atoms with van der Waals surface area (Å²) in [5, 5.41) is 7.96. The van der Waals surface area contributed by atoms with Crippen molar-refractivity contribution in [3.63, 3.8) is 0 Å². The molecule has 0 radical (unpaired) electrons. The summed E-state index contributed by atoms with van der Waals surface area (Å²) in [7, 11) is 0. The Kier molecular flexibility index (Phi) is 6.40. The van der Waals surface area contributed by atoms with Gasteiger partial charge in [0.05, 0.1) is 11.4 Å². The van der Waals surface area contributed by atoms with Crippen molar-refractivity contribution in [3.05, 3.63) is 109 Å². The summed E-state index contributed by atoms with van der Waals surface area (Å²) in [5.74, 6) is -1.42. The first kappa shape index (κ1) is 22.8. The minimum absolute atomic E-state index is 0.0119. The number of hydrogen-bond acceptors (Lipinski definition) is 5. The number of nitrogens with zero attached hydrogens (tertiary/aromatic N) is 2. The molecule has 2 heterocycles. The zero-order valence-electron chi connectivity index (χ0n) is 18.9. The maximum atomic E-state index is 13.7. The number of halogens is 1. The maximum Gasteiger partial charge on any atom is 0.331 e. The molecule has 0 aliphatic carbocycles.